The van der Waals surface area contributed by atoms with Crippen LogP contribution in [0.15, 0.2) is 42.5 Å². The van der Waals surface area contributed by atoms with E-state index in [9.17, 15) is 19.5 Å². The van der Waals surface area contributed by atoms with Gasteiger partial charge in [0.15, 0.2) is 11.9 Å². The highest BCUT2D eigenvalue weighted by Gasteiger charge is 2.33. The minimum absolute atomic E-state index is 0.0324. The lowest BCUT2D eigenvalue weighted by Crippen LogP contribution is -2.47. The normalized spacial score (nSPS) is 15.6. The number of nitrogens with one attached hydrogen (secondary N) is 1. The molecule has 1 atom stereocenters. The standard InChI is InChI=1S/C21H22N2O5/c1-3-6-17(24)14-9-10-19-16(11-14)23(21(27)13(2)28-19)12-20(26)22-15-7-4-5-8-18(15)25/h4-5,7-11,13,25H,3,6,12H2,1-2H3,(H,22,26). The number of ether oxygens (including phenoxy) is 1. The van der Waals surface area contributed by atoms with E-state index in [-0.39, 0.29) is 29.7 Å². The average Bonchev–Trinajstić information content (AvgIpc) is 2.67. The zero-order chi connectivity index (χ0) is 20.3. The van der Waals surface area contributed by atoms with Crippen molar-refractivity contribution in [3.63, 3.8) is 0 Å². The molecule has 1 aliphatic heterocycles. The molecule has 0 fully saturated rings. The number of fused-ring (bicyclic) bond motifs is 1. The number of hydrogen-bond acceptors (Lipinski definition) is 5. The molecule has 0 aromatic heterocycles. The van der Waals surface area contributed by atoms with Gasteiger partial charge < -0.3 is 15.2 Å². The maximum absolute atomic E-state index is 12.6. The van der Waals surface area contributed by atoms with Gasteiger partial charge in [0, 0.05) is 12.0 Å². The molecule has 0 bridgehead atoms. The Bertz CT molecular complexity index is 925. The maximum atomic E-state index is 12.6. The van der Waals surface area contributed by atoms with Crippen molar-refractivity contribution in [1.29, 1.82) is 0 Å². The van der Waals surface area contributed by atoms with E-state index in [0.717, 1.165) is 6.42 Å². The van der Waals surface area contributed by atoms with Crippen molar-refractivity contribution in [3.8, 4) is 11.5 Å². The van der Waals surface area contributed by atoms with Gasteiger partial charge in [-0.05, 0) is 43.7 Å². The van der Waals surface area contributed by atoms with E-state index in [1.165, 1.54) is 11.0 Å². The SMILES string of the molecule is CCCC(=O)c1ccc2c(c1)N(CC(=O)Nc1ccccc1O)C(=O)C(C)O2. The fraction of sp³-hybridized carbons (Fsp3) is 0.286. The van der Waals surface area contributed by atoms with Crippen LogP contribution in [0.3, 0.4) is 0 Å². The van der Waals surface area contributed by atoms with Crippen molar-refractivity contribution in [3.05, 3.63) is 48.0 Å². The predicted molar refractivity (Wildman–Crippen MR) is 105 cm³/mol. The smallest absolute Gasteiger partial charge is 0.268 e. The predicted octanol–water partition coefficient (Wildman–Crippen LogP) is 3.13. The van der Waals surface area contributed by atoms with Crippen LogP contribution >= 0.6 is 0 Å². The zero-order valence-corrected chi connectivity index (χ0v) is 15.8. The number of phenols is 1. The number of anilines is 2. The molecular weight excluding hydrogens is 360 g/mol. The number of phenolic OH excluding ortho intramolecular Hbond substituents is 1. The van der Waals surface area contributed by atoms with E-state index >= 15 is 0 Å². The Kier molecular flexibility index (Phi) is 5.63. The molecule has 2 aromatic carbocycles. The summed E-state index contributed by atoms with van der Waals surface area (Å²) in [6, 6.07) is 11.2. The molecule has 3 rings (SSSR count). The monoisotopic (exact) mass is 382 g/mol. The Morgan fingerprint density at radius 2 is 1.96 bits per heavy atom. The highest BCUT2D eigenvalue weighted by Crippen LogP contribution is 2.35. The molecular formula is C21H22N2O5. The third-order valence-corrected chi connectivity index (χ3v) is 4.45. The lowest BCUT2D eigenvalue weighted by molar-refractivity contribution is -0.127. The van der Waals surface area contributed by atoms with Crippen molar-refractivity contribution < 1.29 is 24.2 Å². The molecule has 146 valence electrons. The van der Waals surface area contributed by atoms with Gasteiger partial charge in [0.05, 0.1) is 11.4 Å². The number of carbonyl (C=O) groups excluding carboxylic acids is 3. The van der Waals surface area contributed by atoms with E-state index in [2.05, 4.69) is 5.32 Å². The fourth-order valence-electron chi connectivity index (χ4n) is 3.03. The van der Waals surface area contributed by atoms with E-state index in [1.54, 1.807) is 43.3 Å². The molecule has 0 aliphatic carbocycles. The maximum Gasteiger partial charge on any atom is 0.268 e. The average molecular weight is 382 g/mol. The summed E-state index contributed by atoms with van der Waals surface area (Å²) in [5.41, 5.74) is 1.11. The molecule has 0 saturated carbocycles. The minimum atomic E-state index is -0.748. The molecule has 7 nitrogen and oxygen atoms in total. The van der Waals surface area contributed by atoms with Crippen LogP contribution in [0.2, 0.25) is 0 Å². The van der Waals surface area contributed by atoms with Gasteiger partial charge in [0.2, 0.25) is 5.91 Å². The molecule has 1 heterocycles. The van der Waals surface area contributed by atoms with E-state index in [1.807, 2.05) is 6.92 Å². The fourth-order valence-corrected chi connectivity index (χ4v) is 3.03. The Morgan fingerprint density at radius 1 is 1.21 bits per heavy atom. The summed E-state index contributed by atoms with van der Waals surface area (Å²) in [6.45, 7) is 3.26. The van der Waals surface area contributed by atoms with Crippen LogP contribution in [0, 0.1) is 0 Å². The summed E-state index contributed by atoms with van der Waals surface area (Å²) in [5, 5.41) is 12.4. The lowest BCUT2D eigenvalue weighted by Gasteiger charge is -2.32. The van der Waals surface area contributed by atoms with E-state index in [4.69, 9.17) is 4.74 Å². The van der Waals surface area contributed by atoms with Gasteiger partial charge in [-0.1, -0.05) is 19.1 Å². The molecule has 1 unspecified atom stereocenters. The van der Waals surface area contributed by atoms with E-state index in [0.29, 0.717) is 23.4 Å². The third kappa shape index (κ3) is 3.98. The number of para-hydroxylation sites is 2. The summed E-state index contributed by atoms with van der Waals surface area (Å²) >= 11 is 0. The number of carbonyl (C=O) groups is 3. The van der Waals surface area contributed by atoms with Gasteiger partial charge in [-0.15, -0.1) is 0 Å². The van der Waals surface area contributed by atoms with Crippen molar-refractivity contribution in [2.45, 2.75) is 32.8 Å². The Balaban J connectivity index is 1.87. The first-order chi connectivity index (χ1) is 13.4. The highest BCUT2D eigenvalue weighted by atomic mass is 16.5. The number of rotatable bonds is 6. The lowest BCUT2D eigenvalue weighted by atomic mass is 10.0. The summed E-state index contributed by atoms with van der Waals surface area (Å²) in [6.07, 6.45) is 0.370. The number of amides is 2. The van der Waals surface area contributed by atoms with Crippen molar-refractivity contribution >= 4 is 29.0 Å². The summed E-state index contributed by atoms with van der Waals surface area (Å²) in [5.74, 6) is -0.504. The van der Waals surface area contributed by atoms with Crippen LogP contribution in [-0.2, 0) is 9.59 Å². The first-order valence-electron chi connectivity index (χ1n) is 9.13. The second kappa shape index (κ2) is 8.12. The molecule has 2 N–H and O–H groups in total. The zero-order valence-electron chi connectivity index (χ0n) is 15.8. The molecule has 7 heteroatoms. The van der Waals surface area contributed by atoms with Gasteiger partial charge in [-0.2, -0.15) is 0 Å². The number of benzene rings is 2. The summed E-state index contributed by atoms with van der Waals surface area (Å²) in [7, 11) is 0. The number of Topliss-reactive ketones (excluding diaryl/α,β-unsaturated/α-hetero) is 1. The number of ketones is 1. The van der Waals surface area contributed by atoms with Gasteiger partial charge in [0.1, 0.15) is 18.0 Å². The van der Waals surface area contributed by atoms with E-state index < -0.39 is 12.0 Å². The molecule has 28 heavy (non-hydrogen) atoms. The van der Waals surface area contributed by atoms with Crippen molar-refractivity contribution in [2.24, 2.45) is 0 Å². The van der Waals surface area contributed by atoms with Crippen LogP contribution < -0.4 is 15.0 Å². The molecule has 2 amide bonds. The van der Waals surface area contributed by atoms with Crippen molar-refractivity contribution in [2.75, 3.05) is 16.8 Å². The first-order valence-corrected chi connectivity index (χ1v) is 9.13. The van der Waals surface area contributed by atoms with Crippen LogP contribution in [0.5, 0.6) is 11.5 Å². The largest absolute Gasteiger partial charge is 0.506 e. The third-order valence-electron chi connectivity index (χ3n) is 4.45. The number of hydrogen-bond donors (Lipinski definition) is 2. The topological polar surface area (TPSA) is 95.9 Å². The summed E-state index contributed by atoms with van der Waals surface area (Å²) in [4.78, 5) is 38.7. The molecule has 0 radical (unpaired) electrons. The molecule has 1 aliphatic rings. The highest BCUT2D eigenvalue weighted by molar-refractivity contribution is 6.07. The van der Waals surface area contributed by atoms with Crippen LogP contribution in [0.25, 0.3) is 0 Å². The van der Waals surface area contributed by atoms with Gasteiger partial charge in [0.25, 0.3) is 5.91 Å². The Morgan fingerprint density at radius 3 is 2.68 bits per heavy atom. The number of nitrogens with zero attached hydrogens (tertiary/aromatic N) is 1. The second-order valence-electron chi connectivity index (χ2n) is 6.61. The van der Waals surface area contributed by atoms with Crippen LogP contribution in [-0.4, -0.2) is 35.4 Å². The molecule has 2 aromatic rings. The number of aromatic hydroxyl groups is 1. The molecule has 0 spiro atoms. The quantitative estimate of drug-likeness (QED) is 0.591. The van der Waals surface area contributed by atoms with Crippen LogP contribution in [0.1, 0.15) is 37.0 Å². The van der Waals surface area contributed by atoms with Gasteiger partial charge in [-0.25, -0.2) is 0 Å². The molecule has 0 saturated heterocycles. The second-order valence-corrected chi connectivity index (χ2v) is 6.61. The first kappa shape index (κ1) is 19.4. The summed E-state index contributed by atoms with van der Waals surface area (Å²) < 4.78 is 5.61. The van der Waals surface area contributed by atoms with Gasteiger partial charge >= 0.3 is 0 Å². The van der Waals surface area contributed by atoms with Gasteiger partial charge in [-0.3, -0.25) is 19.3 Å². The van der Waals surface area contributed by atoms with Crippen molar-refractivity contribution in [1.82, 2.24) is 0 Å². The minimum Gasteiger partial charge on any atom is -0.506 e. The Hall–Kier alpha value is -3.35. The van der Waals surface area contributed by atoms with Crippen LogP contribution in [0.4, 0.5) is 11.4 Å². The Labute approximate surface area is 162 Å².